The maximum Gasteiger partial charge on any atom is 0.308 e. The molecule has 1 N–H and O–H groups in total. The van der Waals surface area contributed by atoms with Crippen LogP contribution in [0.4, 0.5) is 0 Å². The fourth-order valence-electron chi connectivity index (χ4n) is 8.21. The Morgan fingerprint density at radius 2 is 1.48 bits per heavy atom. The summed E-state index contributed by atoms with van der Waals surface area (Å²) in [6.45, 7) is 11.2. The maximum atomic E-state index is 14.4. The lowest BCUT2D eigenvalue weighted by Crippen LogP contribution is -2.46. The summed E-state index contributed by atoms with van der Waals surface area (Å²) in [5.74, 6) is -3.28. The first-order chi connectivity index (χ1) is 28.7. The van der Waals surface area contributed by atoms with Crippen molar-refractivity contribution in [2.45, 2.75) is 97.8 Å². The van der Waals surface area contributed by atoms with Gasteiger partial charge >= 0.3 is 17.9 Å². The number of aromatic nitrogens is 1. The first kappa shape index (κ1) is 45.7. The topological polar surface area (TPSA) is 141 Å². The van der Waals surface area contributed by atoms with Crippen LogP contribution in [-0.4, -0.2) is 72.5 Å². The predicted octanol–water partition coefficient (Wildman–Crippen LogP) is 8.57. The van der Waals surface area contributed by atoms with Gasteiger partial charge in [-0.1, -0.05) is 120 Å². The molecule has 5 rings (SSSR count). The van der Waals surface area contributed by atoms with Crippen LogP contribution in [0.1, 0.15) is 111 Å². The quantitative estimate of drug-likeness (QED) is 0.0685. The minimum absolute atomic E-state index is 0.0673. The summed E-state index contributed by atoms with van der Waals surface area (Å²) < 4.78 is 16.7. The molecule has 320 valence electrons. The summed E-state index contributed by atoms with van der Waals surface area (Å²) in [4.78, 5) is 72.7. The van der Waals surface area contributed by atoms with Crippen LogP contribution in [0.2, 0.25) is 0 Å². The van der Waals surface area contributed by atoms with Crippen LogP contribution in [0.15, 0.2) is 84.2 Å². The third-order valence-electron chi connectivity index (χ3n) is 11.7. The summed E-state index contributed by atoms with van der Waals surface area (Å²) in [5.41, 5.74) is 5.67. The molecule has 0 radical (unpaired) electrons. The van der Waals surface area contributed by atoms with E-state index in [9.17, 15) is 24.0 Å². The summed E-state index contributed by atoms with van der Waals surface area (Å²) in [7, 11) is 3.07. The number of esters is 3. The summed E-state index contributed by atoms with van der Waals surface area (Å²) >= 11 is 1.20. The third kappa shape index (κ3) is 11.5. The van der Waals surface area contributed by atoms with Gasteiger partial charge < -0.3 is 24.4 Å². The van der Waals surface area contributed by atoms with Gasteiger partial charge in [0.05, 0.1) is 25.4 Å². The van der Waals surface area contributed by atoms with Gasteiger partial charge in [0, 0.05) is 43.8 Å². The van der Waals surface area contributed by atoms with Crippen molar-refractivity contribution in [3.63, 3.8) is 0 Å². The maximum absolute atomic E-state index is 14.4. The number of hydrogen-bond acceptors (Lipinski definition) is 10. The van der Waals surface area contributed by atoms with E-state index in [-0.39, 0.29) is 60.8 Å². The fraction of sp³-hybridized carbons (Fsp3) is 0.458. The Morgan fingerprint density at radius 3 is 2.07 bits per heavy atom. The van der Waals surface area contributed by atoms with Crippen molar-refractivity contribution >= 4 is 41.1 Å². The third-order valence-corrected chi connectivity index (χ3v) is 12.7. The molecule has 12 heteroatoms. The predicted molar refractivity (Wildman–Crippen MR) is 232 cm³/mol. The number of hydrogen-bond donors (Lipinski definition) is 1. The second-order valence-corrected chi connectivity index (χ2v) is 17.2. The highest BCUT2D eigenvalue weighted by molar-refractivity contribution is 7.09. The first-order valence-corrected chi connectivity index (χ1v) is 21.8. The molecule has 6 atom stereocenters. The minimum atomic E-state index is -0.847. The van der Waals surface area contributed by atoms with Gasteiger partial charge in [0.1, 0.15) is 17.3 Å². The molecule has 0 unspecified atom stereocenters. The average molecular weight is 838 g/mol. The molecular weight excluding hydrogens is 779 g/mol. The van der Waals surface area contributed by atoms with Crippen molar-refractivity contribution in [1.82, 2.24) is 15.2 Å². The van der Waals surface area contributed by atoms with Crippen LogP contribution in [0.3, 0.4) is 0 Å². The molecule has 0 saturated carbocycles. The molecule has 0 aliphatic heterocycles. The van der Waals surface area contributed by atoms with Crippen molar-refractivity contribution in [3.8, 4) is 11.1 Å². The smallest absolute Gasteiger partial charge is 0.308 e. The molecule has 1 aromatic heterocycles. The Balaban J connectivity index is 1.28. The number of amides is 2. The zero-order chi connectivity index (χ0) is 43.5. The lowest BCUT2D eigenvalue weighted by Gasteiger charge is -2.36. The van der Waals surface area contributed by atoms with Crippen LogP contribution in [-0.2, 0) is 39.8 Å². The molecule has 0 bridgehead atoms. The van der Waals surface area contributed by atoms with Crippen LogP contribution in [0, 0.1) is 23.7 Å². The zero-order valence-corrected chi connectivity index (χ0v) is 36.8. The number of rotatable bonds is 20. The molecule has 3 aromatic carbocycles. The van der Waals surface area contributed by atoms with Crippen LogP contribution in [0.25, 0.3) is 11.1 Å². The molecule has 1 aliphatic rings. The minimum Gasteiger partial charge on any atom is -0.469 e. The number of thiazole rings is 1. The number of methoxy groups -OCH3 is 1. The van der Waals surface area contributed by atoms with Gasteiger partial charge in [0.15, 0.2) is 6.10 Å². The van der Waals surface area contributed by atoms with Crippen molar-refractivity contribution < 1.29 is 38.2 Å². The van der Waals surface area contributed by atoms with Crippen LogP contribution >= 0.6 is 11.3 Å². The van der Waals surface area contributed by atoms with Crippen LogP contribution in [0.5, 0.6) is 0 Å². The summed E-state index contributed by atoms with van der Waals surface area (Å²) in [5, 5.41) is 5.09. The number of fused-ring (bicyclic) bond motifs is 3. The largest absolute Gasteiger partial charge is 0.469 e. The molecule has 2 amide bonds. The fourth-order valence-corrected chi connectivity index (χ4v) is 9.05. The molecule has 0 spiro atoms. The van der Waals surface area contributed by atoms with Crippen molar-refractivity contribution in [3.05, 3.63) is 112 Å². The molecule has 1 heterocycles. The summed E-state index contributed by atoms with van der Waals surface area (Å²) in [6, 6.07) is 25.2. The highest BCUT2D eigenvalue weighted by Gasteiger charge is 2.37. The molecule has 1 aliphatic carbocycles. The molecular formula is C48H59N3O8S. The van der Waals surface area contributed by atoms with Gasteiger partial charge in [-0.15, -0.1) is 11.3 Å². The van der Waals surface area contributed by atoms with Gasteiger partial charge in [-0.2, -0.15) is 0 Å². The van der Waals surface area contributed by atoms with E-state index in [4.69, 9.17) is 14.2 Å². The highest BCUT2D eigenvalue weighted by Crippen LogP contribution is 2.44. The van der Waals surface area contributed by atoms with Gasteiger partial charge in [-0.05, 0) is 52.5 Å². The van der Waals surface area contributed by atoms with Crippen molar-refractivity contribution in [2.24, 2.45) is 23.7 Å². The Bertz CT molecular complexity index is 2060. The highest BCUT2D eigenvalue weighted by atomic mass is 32.1. The van der Waals surface area contributed by atoms with E-state index in [1.807, 2.05) is 82.3 Å². The second-order valence-electron chi connectivity index (χ2n) is 16.3. The number of ether oxygens (including phenoxy) is 3. The number of nitrogens with zero attached hydrogens (tertiary/aromatic N) is 2. The van der Waals surface area contributed by atoms with Gasteiger partial charge in [-0.25, -0.2) is 4.98 Å². The Morgan fingerprint density at radius 1 is 0.867 bits per heavy atom. The number of carbonyl (C=O) groups is 5. The number of carbonyl (C=O) groups excluding carboxylic acids is 5. The molecule has 0 saturated heterocycles. The Kier molecular flexibility index (Phi) is 16.2. The lowest BCUT2D eigenvalue weighted by molar-refractivity contribution is -0.153. The van der Waals surface area contributed by atoms with E-state index in [0.717, 1.165) is 27.8 Å². The molecule has 60 heavy (non-hydrogen) atoms. The van der Waals surface area contributed by atoms with E-state index >= 15 is 0 Å². The Labute approximate surface area is 358 Å². The van der Waals surface area contributed by atoms with Crippen molar-refractivity contribution in [2.75, 3.05) is 20.8 Å². The molecule has 0 fully saturated rings. The van der Waals surface area contributed by atoms with Crippen molar-refractivity contribution in [1.29, 1.82) is 0 Å². The van der Waals surface area contributed by atoms with Gasteiger partial charge in [0.25, 0.3) is 5.91 Å². The van der Waals surface area contributed by atoms with Gasteiger partial charge in [-0.3, -0.25) is 24.0 Å². The summed E-state index contributed by atoms with van der Waals surface area (Å²) in [6.07, 6.45) is 0.841. The first-order valence-electron chi connectivity index (χ1n) is 20.9. The van der Waals surface area contributed by atoms with E-state index < -0.39 is 41.8 Å². The van der Waals surface area contributed by atoms with E-state index in [0.29, 0.717) is 24.3 Å². The lowest BCUT2D eigenvalue weighted by atomic mass is 9.86. The standard InChI is InChI=1S/C48H59N3O8S/c1-9-30(4)39(25-44(53)58-27-40-37-21-15-13-19-35(37)36-20-14-16-22-38(36)40)47(55)51(7)42(29(2)3)26-43(59-32(6)52)46-50-41(28-60-46)45(54)49-34(23-31(5)48(56)57-8)24-33-17-11-10-12-18-33/h10-22,28-31,34,39-40,42-43H,9,23-27H2,1-8H3,(H,49,54)/t30-,31-,34+,39-,42+,43+/m0/s1. The van der Waals surface area contributed by atoms with E-state index in [1.54, 1.807) is 24.3 Å². The average Bonchev–Trinajstić information content (AvgIpc) is 3.86. The SMILES string of the molecule is CC[C@H](C)[C@H](CC(=O)OCC1c2ccccc2-c2ccccc21)C(=O)N(C)[C@H](C[C@@H](OC(C)=O)c1nc(C(=O)N[C@@H](Cc2ccccc2)C[C@H](C)C(=O)OC)cs1)C(C)C. The Hall–Kier alpha value is -5.36. The van der Waals surface area contributed by atoms with Crippen LogP contribution < -0.4 is 5.32 Å². The zero-order valence-electron chi connectivity index (χ0n) is 36.0. The number of benzene rings is 3. The molecule has 4 aromatic rings. The normalized spacial score (nSPS) is 15.1. The second kappa shape index (κ2) is 21.2. The van der Waals surface area contributed by atoms with Gasteiger partial charge in [0.2, 0.25) is 5.91 Å². The number of nitrogens with one attached hydrogen (secondary N) is 1. The molecule has 11 nitrogen and oxygen atoms in total. The monoisotopic (exact) mass is 837 g/mol. The van der Waals surface area contributed by atoms with E-state index in [2.05, 4.69) is 34.6 Å². The van der Waals surface area contributed by atoms with E-state index in [1.165, 1.54) is 25.4 Å².